The highest BCUT2D eigenvalue weighted by molar-refractivity contribution is 9.10. The Morgan fingerprint density at radius 2 is 1.96 bits per heavy atom. The van der Waals surface area contributed by atoms with Gasteiger partial charge in [-0.3, -0.25) is 0 Å². The lowest BCUT2D eigenvalue weighted by Crippen LogP contribution is -2.29. The second-order valence-corrected chi connectivity index (χ2v) is 7.53. The van der Waals surface area contributed by atoms with Gasteiger partial charge in [-0.25, -0.2) is 4.79 Å². The maximum atomic E-state index is 12.9. The van der Waals surface area contributed by atoms with Gasteiger partial charge in [0.1, 0.15) is 6.04 Å². The molecule has 1 N–H and O–H groups in total. The van der Waals surface area contributed by atoms with E-state index in [0.29, 0.717) is 23.8 Å². The normalized spacial score (nSPS) is 16.0. The fourth-order valence-electron chi connectivity index (χ4n) is 3.18. The van der Waals surface area contributed by atoms with Crippen molar-refractivity contribution in [2.45, 2.75) is 52.0 Å². The van der Waals surface area contributed by atoms with Crippen LogP contribution in [-0.4, -0.2) is 32.8 Å². The van der Waals surface area contributed by atoms with Crippen molar-refractivity contribution in [3.63, 3.8) is 0 Å². The summed E-state index contributed by atoms with van der Waals surface area (Å²) in [6.07, 6.45) is 5.54. The molecule has 0 saturated heterocycles. The molecule has 27 heavy (non-hydrogen) atoms. The number of rotatable bonds is 8. The zero-order valence-corrected chi connectivity index (χ0v) is 17.2. The standard InChI is InChI=1S/C19H24BrN5O2/c1-3-4-5-6-7-12-27-18(26)16-13(2)21-19-22-23-24-25(19)17(16)14-8-10-15(20)11-9-14/h8-11,17H,3-7,12H2,1-2H3,(H,21,22,24)/t17-/m0/s1. The van der Waals surface area contributed by atoms with E-state index in [1.54, 1.807) is 4.68 Å². The van der Waals surface area contributed by atoms with Crippen LogP contribution in [0, 0.1) is 0 Å². The van der Waals surface area contributed by atoms with Gasteiger partial charge in [0.25, 0.3) is 0 Å². The third-order valence-electron chi connectivity index (χ3n) is 4.60. The van der Waals surface area contributed by atoms with E-state index in [-0.39, 0.29) is 5.97 Å². The molecule has 0 amide bonds. The number of carbonyl (C=O) groups is 1. The van der Waals surface area contributed by atoms with Crippen molar-refractivity contribution in [1.82, 2.24) is 20.2 Å². The molecule has 0 fully saturated rings. The summed E-state index contributed by atoms with van der Waals surface area (Å²) in [6, 6.07) is 7.37. The van der Waals surface area contributed by atoms with Crippen LogP contribution in [-0.2, 0) is 9.53 Å². The molecule has 8 heteroatoms. The van der Waals surface area contributed by atoms with E-state index >= 15 is 0 Å². The van der Waals surface area contributed by atoms with Gasteiger partial charge >= 0.3 is 5.97 Å². The summed E-state index contributed by atoms with van der Waals surface area (Å²) in [4.78, 5) is 12.9. The fourth-order valence-corrected chi connectivity index (χ4v) is 3.44. The molecule has 0 spiro atoms. The van der Waals surface area contributed by atoms with E-state index in [1.165, 1.54) is 19.3 Å². The molecule has 2 aromatic rings. The van der Waals surface area contributed by atoms with Crippen LogP contribution in [0.5, 0.6) is 0 Å². The first kappa shape index (κ1) is 19.5. The second-order valence-electron chi connectivity index (χ2n) is 6.61. The number of ether oxygens (including phenoxy) is 1. The van der Waals surface area contributed by atoms with E-state index < -0.39 is 6.04 Å². The van der Waals surface area contributed by atoms with Crippen molar-refractivity contribution in [2.75, 3.05) is 11.9 Å². The van der Waals surface area contributed by atoms with Gasteiger partial charge in [-0.2, -0.15) is 4.68 Å². The molecule has 0 unspecified atom stereocenters. The Bertz CT molecular complexity index is 816. The number of carbonyl (C=O) groups excluding carboxylic acids is 1. The molecular formula is C19H24BrN5O2. The molecule has 7 nitrogen and oxygen atoms in total. The number of anilines is 1. The van der Waals surface area contributed by atoms with Gasteiger partial charge in [0.2, 0.25) is 5.95 Å². The molecule has 0 saturated carbocycles. The highest BCUT2D eigenvalue weighted by atomic mass is 79.9. The number of unbranched alkanes of at least 4 members (excludes halogenated alkanes) is 4. The lowest BCUT2D eigenvalue weighted by atomic mass is 9.96. The molecule has 2 heterocycles. The van der Waals surface area contributed by atoms with Gasteiger partial charge < -0.3 is 10.1 Å². The summed E-state index contributed by atoms with van der Waals surface area (Å²) in [5, 5.41) is 14.9. The third-order valence-corrected chi connectivity index (χ3v) is 5.13. The molecule has 144 valence electrons. The minimum atomic E-state index is -0.419. The van der Waals surface area contributed by atoms with Gasteiger partial charge in [0.15, 0.2) is 0 Å². The van der Waals surface area contributed by atoms with E-state index in [2.05, 4.69) is 43.7 Å². The van der Waals surface area contributed by atoms with Crippen molar-refractivity contribution in [3.8, 4) is 0 Å². The van der Waals surface area contributed by atoms with Crippen molar-refractivity contribution in [2.24, 2.45) is 0 Å². The molecule has 1 aliphatic rings. The summed E-state index contributed by atoms with van der Waals surface area (Å²) < 4.78 is 8.16. The second kappa shape index (κ2) is 9.12. The molecule has 0 aliphatic carbocycles. The largest absolute Gasteiger partial charge is 0.462 e. The fraction of sp³-hybridized carbons (Fsp3) is 0.474. The van der Waals surface area contributed by atoms with Crippen LogP contribution in [0.25, 0.3) is 0 Å². The summed E-state index contributed by atoms with van der Waals surface area (Å²) >= 11 is 3.45. The molecule has 1 aromatic heterocycles. The van der Waals surface area contributed by atoms with Crippen molar-refractivity contribution in [1.29, 1.82) is 0 Å². The lowest BCUT2D eigenvalue weighted by molar-refractivity contribution is -0.139. The number of aromatic nitrogens is 4. The summed E-state index contributed by atoms with van der Waals surface area (Å²) in [7, 11) is 0. The van der Waals surface area contributed by atoms with Crippen LogP contribution >= 0.6 is 15.9 Å². The Labute approximate surface area is 167 Å². The van der Waals surface area contributed by atoms with Gasteiger partial charge in [0.05, 0.1) is 12.2 Å². The van der Waals surface area contributed by atoms with E-state index in [0.717, 1.165) is 22.9 Å². The first-order chi connectivity index (χ1) is 13.1. The predicted octanol–water partition coefficient (Wildman–Crippen LogP) is 4.24. The number of allylic oxidation sites excluding steroid dienone is 1. The first-order valence-electron chi connectivity index (χ1n) is 9.30. The van der Waals surface area contributed by atoms with Gasteiger partial charge in [-0.05, 0) is 41.5 Å². The van der Waals surface area contributed by atoms with Crippen LogP contribution < -0.4 is 5.32 Å². The van der Waals surface area contributed by atoms with E-state index in [1.807, 2.05) is 31.2 Å². The summed E-state index contributed by atoms with van der Waals surface area (Å²) in [6.45, 7) is 4.46. The zero-order valence-electron chi connectivity index (χ0n) is 15.6. The van der Waals surface area contributed by atoms with Gasteiger partial charge in [0, 0.05) is 10.2 Å². The molecule has 1 aromatic carbocycles. The van der Waals surface area contributed by atoms with Gasteiger partial charge in [-0.1, -0.05) is 65.8 Å². The lowest BCUT2D eigenvalue weighted by Gasteiger charge is -2.27. The quantitative estimate of drug-likeness (QED) is 0.495. The zero-order chi connectivity index (χ0) is 19.2. The number of esters is 1. The Morgan fingerprint density at radius 3 is 2.70 bits per heavy atom. The highest BCUT2D eigenvalue weighted by Crippen LogP contribution is 2.35. The van der Waals surface area contributed by atoms with E-state index in [9.17, 15) is 4.79 Å². The Balaban J connectivity index is 1.78. The number of nitrogens with one attached hydrogen (secondary N) is 1. The molecule has 0 radical (unpaired) electrons. The number of hydrogen-bond donors (Lipinski definition) is 1. The molecule has 0 bridgehead atoms. The average Bonchev–Trinajstić information content (AvgIpc) is 3.12. The monoisotopic (exact) mass is 433 g/mol. The minimum absolute atomic E-state index is 0.329. The number of tetrazole rings is 1. The number of nitrogens with zero attached hydrogens (tertiary/aromatic N) is 4. The topological polar surface area (TPSA) is 81.9 Å². The summed E-state index contributed by atoms with van der Waals surface area (Å²) in [5.74, 6) is 0.182. The highest BCUT2D eigenvalue weighted by Gasteiger charge is 2.34. The van der Waals surface area contributed by atoms with Crippen LogP contribution in [0.4, 0.5) is 5.95 Å². The SMILES string of the molecule is CCCCCCCOC(=O)C1=C(C)Nc2nnnn2[C@H]1c1ccc(Br)cc1. The smallest absolute Gasteiger partial charge is 0.338 e. The molecular weight excluding hydrogens is 410 g/mol. The number of benzene rings is 1. The third kappa shape index (κ3) is 4.55. The van der Waals surface area contributed by atoms with Crippen LogP contribution in [0.3, 0.4) is 0 Å². The van der Waals surface area contributed by atoms with Gasteiger partial charge in [-0.15, -0.1) is 0 Å². The predicted molar refractivity (Wildman–Crippen MR) is 106 cm³/mol. The van der Waals surface area contributed by atoms with Crippen molar-refractivity contribution in [3.05, 3.63) is 45.6 Å². The number of halogens is 1. The molecule has 1 atom stereocenters. The Morgan fingerprint density at radius 1 is 1.22 bits per heavy atom. The summed E-state index contributed by atoms with van der Waals surface area (Å²) in [5.41, 5.74) is 2.16. The maximum absolute atomic E-state index is 12.9. The maximum Gasteiger partial charge on any atom is 0.338 e. The number of fused-ring (bicyclic) bond motifs is 1. The van der Waals surface area contributed by atoms with Crippen LogP contribution in [0.2, 0.25) is 0 Å². The van der Waals surface area contributed by atoms with Crippen LogP contribution in [0.15, 0.2) is 40.0 Å². The Hall–Kier alpha value is -2.22. The molecule has 1 aliphatic heterocycles. The number of hydrogen-bond acceptors (Lipinski definition) is 6. The molecule has 3 rings (SSSR count). The van der Waals surface area contributed by atoms with Crippen LogP contribution in [0.1, 0.15) is 57.6 Å². The Kier molecular flexibility index (Phi) is 6.60. The average molecular weight is 434 g/mol. The minimum Gasteiger partial charge on any atom is -0.462 e. The van der Waals surface area contributed by atoms with Crippen molar-refractivity contribution >= 4 is 27.8 Å². The van der Waals surface area contributed by atoms with Crippen molar-refractivity contribution < 1.29 is 9.53 Å². The first-order valence-corrected chi connectivity index (χ1v) is 10.1. The van der Waals surface area contributed by atoms with E-state index in [4.69, 9.17) is 4.74 Å².